The van der Waals surface area contributed by atoms with E-state index in [0.29, 0.717) is 0 Å². The van der Waals surface area contributed by atoms with Gasteiger partial charge in [-0.15, -0.1) is 0 Å². The second kappa shape index (κ2) is 9.57. The maximum Gasteiger partial charge on any atom is 0.0177 e. The van der Waals surface area contributed by atoms with Crippen molar-refractivity contribution in [3.63, 3.8) is 0 Å². The first kappa shape index (κ1) is 15.7. The minimum Gasteiger partial charge on any atom is -0.316 e. The lowest BCUT2D eigenvalue weighted by Crippen LogP contribution is -2.25. The van der Waals surface area contributed by atoms with Crippen molar-refractivity contribution in [3.8, 4) is 0 Å². The molecule has 0 spiro atoms. The van der Waals surface area contributed by atoms with Crippen molar-refractivity contribution in [2.75, 3.05) is 13.1 Å². The molecule has 0 saturated heterocycles. The summed E-state index contributed by atoms with van der Waals surface area (Å²) in [6, 6.07) is 8.72. The average molecular weight is 312 g/mol. The van der Waals surface area contributed by atoms with Gasteiger partial charge in [-0.05, 0) is 56.0 Å². The number of halogens is 1. The Labute approximate surface area is 120 Å². The summed E-state index contributed by atoms with van der Waals surface area (Å²) >= 11 is 3.55. The Balaban J connectivity index is 2.48. The molecular weight excluding hydrogens is 286 g/mol. The molecule has 0 bridgehead atoms. The van der Waals surface area contributed by atoms with Gasteiger partial charge in [-0.2, -0.15) is 0 Å². The number of rotatable bonds is 9. The highest BCUT2D eigenvalue weighted by molar-refractivity contribution is 9.10. The Kier molecular flexibility index (Phi) is 8.36. The van der Waals surface area contributed by atoms with Gasteiger partial charge in [0.15, 0.2) is 0 Å². The molecule has 0 saturated carbocycles. The third kappa shape index (κ3) is 6.55. The van der Waals surface area contributed by atoms with Crippen LogP contribution in [-0.4, -0.2) is 13.1 Å². The van der Waals surface area contributed by atoms with Crippen LogP contribution in [0.5, 0.6) is 0 Å². The highest BCUT2D eigenvalue weighted by Gasteiger charge is 2.09. The lowest BCUT2D eigenvalue weighted by molar-refractivity contribution is 0.429. The Morgan fingerprint density at radius 1 is 1.22 bits per heavy atom. The summed E-state index contributed by atoms with van der Waals surface area (Å²) < 4.78 is 1.19. The van der Waals surface area contributed by atoms with Crippen LogP contribution < -0.4 is 5.32 Å². The van der Waals surface area contributed by atoms with Gasteiger partial charge < -0.3 is 5.32 Å². The first-order valence-electron chi connectivity index (χ1n) is 7.21. The van der Waals surface area contributed by atoms with E-state index in [9.17, 15) is 0 Å². The molecule has 18 heavy (non-hydrogen) atoms. The molecule has 102 valence electrons. The predicted molar refractivity (Wildman–Crippen MR) is 84.0 cm³/mol. The van der Waals surface area contributed by atoms with Gasteiger partial charge in [0.1, 0.15) is 0 Å². The van der Waals surface area contributed by atoms with Crippen LogP contribution in [0, 0.1) is 5.92 Å². The van der Waals surface area contributed by atoms with Gasteiger partial charge in [0.25, 0.3) is 0 Å². The van der Waals surface area contributed by atoms with Crippen LogP contribution in [-0.2, 0) is 6.42 Å². The summed E-state index contributed by atoms with van der Waals surface area (Å²) in [6.07, 6.45) is 6.38. The number of benzene rings is 1. The molecule has 1 unspecified atom stereocenters. The third-order valence-electron chi connectivity index (χ3n) is 3.24. The van der Waals surface area contributed by atoms with E-state index in [1.165, 1.54) is 42.1 Å². The SMILES string of the molecule is CCCCC(CNCCC)Cc1cccc(Br)c1. The van der Waals surface area contributed by atoms with Gasteiger partial charge >= 0.3 is 0 Å². The molecule has 0 amide bonds. The van der Waals surface area contributed by atoms with E-state index in [2.05, 4.69) is 59.4 Å². The maximum absolute atomic E-state index is 3.57. The lowest BCUT2D eigenvalue weighted by atomic mass is 9.94. The largest absolute Gasteiger partial charge is 0.316 e. The van der Waals surface area contributed by atoms with E-state index in [1.807, 2.05) is 0 Å². The highest BCUT2D eigenvalue weighted by atomic mass is 79.9. The average Bonchev–Trinajstić information content (AvgIpc) is 2.36. The molecule has 1 aromatic carbocycles. The number of nitrogens with one attached hydrogen (secondary N) is 1. The van der Waals surface area contributed by atoms with E-state index in [1.54, 1.807) is 0 Å². The van der Waals surface area contributed by atoms with Crippen LogP contribution >= 0.6 is 15.9 Å². The van der Waals surface area contributed by atoms with Crippen molar-refractivity contribution in [2.45, 2.75) is 46.0 Å². The standard InChI is InChI=1S/C16H26BrN/c1-3-5-7-15(13-18-10-4-2)11-14-8-6-9-16(17)12-14/h6,8-9,12,15,18H,3-5,7,10-11,13H2,1-2H3. The van der Waals surface area contributed by atoms with Gasteiger partial charge in [-0.3, -0.25) is 0 Å². The normalized spacial score (nSPS) is 12.6. The summed E-state index contributed by atoms with van der Waals surface area (Å²) in [5.74, 6) is 0.769. The quantitative estimate of drug-likeness (QED) is 0.646. The first-order valence-corrected chi connectivity index (χ1v) is 8.00. The fraction of sp³-hybridized carbons (Fsp3) is 0.625. The second-order valence-corrected chi connectivity index (χ2v) is 5.96. The molecule has 0 aromatic heterocycles. The van der Waals surface area contributed by atoms with Gasteiger partial charge in [0.05, 0.1) is 0 Å². The molecule has 0 fully saturated rings. The van der Waals surface area contributed by atoms with Gasteiger partial charge in [-0.25, -0.2) is 0 Å². The zero-order valence-corrected chi connectivity index (χ0v) is 13.3. The Morgan fingerprint density at radius 2 is 2.06 bits per heavy atom. The maximum atomic E-state index is 3.57. The number of hydrogen-bond acceptors (Lipinski definition) is 1. The topological polar surface area (TPSA) is 12.0 Å². The molecule has 1 rings (SSSR count). The third-order valence-corrected chi connectivity index (χ3v) is 3.73. The van der Waals surface area contributed by atoms with E-state index in [4.69, 9.17) is 0 Å². The smallest absolute Gasteiger partial charge is 0.0177 e. The molecular formula is C16H26BrN. The molecule has 1 nitrogen and oxygen atoms in total. The summed E-state index contributed by atoms with van der Waals surface area (Å²) in [5.41, 5.74) is 1.45. The lowest BCUT2D eigenvalue weighted by Gasteiger charge is -2.17. The molecule has 0 heterocycles. The minimum atomic E-state index is 0.769. The van der Waals surface area contributed by atoms with E-state index in [0.717, 1.165) is 19.0 Å². The Hall–Kier alpha value is -0.340. The molecule has 0 radical (unpaired) electrons. The fourth-order valence-corrected chi connectivity index (χ4v) is 2.70. The van der Waals surface area contributed by atoms with Crippen LogP contribution in [0.1, 0.15) is 45.1 Å². The zero-order valence-electron chi connectivity index (χ0n) is 11.7. The van der Waals surface area contributed by atoms with E-state index < -0.39 is 0 Å². The first-order chi connectivity index (χ1) is 8.76. The van der Waals surface area contributed by atoms with Crippen molar-refractivity contribution < 1.29 is 0 Å². The summed E-state index contributed by atoms with van der Waals surface area (Å²) in [6.45, 7) is 6.79. The van der Waals surface area contributed by atoms with Gasteiger partial charge in [0, 0.05) is 4.47 Å². The molecule has 1 atom stereocenters. The van der Waals surface area contributed by atoms with Crippen LogP contribution in [0.25, 0.3) is 0 Å². The van der Waals surface area contributed by atoms with Crippen molar-refractivity contribution >= 4 is 15.9 Å². The van der Waals surface area contributed by atoms with E-state index >= 15 is 0 Å². The molecule has 1 N–H and O–H groups in total. The summed E-state index contributed by atoms with van der Waals surface area (Å²) in [7, 11) is 0. The summed E-state index contributed by atoms with van der Waals surface area (Å²) in [4.78, 5) is 0. The van der Waals surface area contributed by atoms with Crippen molar-refractivity contribution in [2.24, 2.45) is 5.92 Å². The van der Waals surface area contributed by atoms with Crippen LogP contribution in [0.15, 0.2) is 28.7 Å². The fourth-order valence-electron chi connectivity index (χ4n) is 2.25. The van der Waals surface area contributed by atoms with Crippen LogP contribution in [0.3, 0.4) is 0 Å². The number of hydrogen-bond donors (Lipinski definition) is 1. The molecule has 0 aliphatic rings. The molecule has 2 heteroatoms. The Bertz CT molecular complexity index is 325. The van der Waals surface area contributed by atoms with Gasteiger partial charge in [-0.1, -0.05) is 54.8 Å². The van der Waals surface area contributed by atoms with Crippen molar-refractivity contribution in [1.82, 2.24) is 5.32 Å². The molecule has 0 aliphatic carbocycles. The predicted octanol–water partition coefficient (Wildman–Crippen LogP) is 4.80. The van der Waals surface area contributed by atoms with Crippen molar-refractivity contribution in [1.29, 1.82) is 0 Å². The van der Waals surface area contributed by atoms with Crippen molar-refractivity contribution in [3.05, 3.63) is 34.3 Å². The molecule has 1 aromatic rings. The number of unbranched alkanes of at least 4 members (excludes halogenated alkanes) is 1. The van der Waals surface area contributed by atoms with Crippen LogP contribution in [0.2, 0.25) is 0 Å². The van der Waals surface area contributed by atoms with Crippen LogP contribution in [0.4, 0.5) is 0 Å². The molecule has 0 aliphatic heterocycles. The highest BCUT2D eigenvalue weighted by Crippen LogP contribution is 2.18. The van der Waals surface area contributed by atoms with E-state index in [-0.39, 0.29) is 0 Å². The monoisotopic (exact) mass is 311 g/mol. The second-order valence-electron chi connectivity index (χ2n) is 5.05. The minimum absolute atomic E-state index is 0.769. The summed E-state index contributed by atoms with van der Waals surface area (Å²) in [5, 5.41) is 3.57. The van der Waals surface area contributed by atoms with Gasteiger partial charge in [0.2, 0.25) is 0 Å². The Morgan fingerprint density at radius 3 is 2.72 bits per heavy atom. The zero-order chi connectivity index (χ0) is 13.2.